The van der Waals surface area contributed by atoms with E-state index in [0.29, 0.717) is 26.5 Å². The smallest absolute Gasteiger partial charge is 0.462 e. The molecule has 0 radical (unpaired) electrons. The molecule has 0 spiro atoms. The molecule has 0 fully saturated rings. The molecule has 158 valence electrons. The standard InChI is InChI=1S/C17H11F8IN2O/c18-12-4-1-10(2-5-12)9-29-14-6-3-11(7-13(14)26)8-27-28-17(24,25)15(19,20)16(21,22)23/h1-8,28H,9H2/b27-8+. The van der Waals surface area contributed by atoms with Crippen LogP contribution in [0, 0.1) is 9.39 Å². The van der Waals surface area contributed by atoms with E-state index < -0.39 is 24.0 Å². The van der Waals surface area contributed by atoms with Gasteiger partial charge in [0.15, 0.2) is 0 Å². The van der Waals surface area contributed by atoms with Gasteiger partial charge in [-0.15, -0.1) is 0 Å². The van der Waals surface area contributed by atoms with Crippen molar-refractivity contribution in [1.29, 1.82) is 0 Å². The highest BCUT2D eigenvalue weighted by molar-refractivity contribution is 14.1. The number of ether oxygens (including phenoxy) is 1. The zero-order chi connectivity index (χ0) is 21.9. The molecule has 0 aliphatic carbocycles. The zero-order valence-electron chi connectivity index (χ0n) is 14.1. The summed E-state index contributed by atoms with van der Waals surface area (Å²) < 4.78 is 107. The summed E-state index contributed by atoms with van der Waals surface area (Å²) in [6.45, 7) is 0.115. The van der Waals surface area contributed by atoms with Gasteiger partial charge in [-0.25, -0.2) is 9.82 Å². The summed E-state index contributed by atoms with van der Waals surface area (Å²) in [4.78, 5) is 0. The minimum absolute atomic E-state index is 0.115. The molecule has 0 saturated heterocycles. The lowest BCUT2D eigenvalue weighted by atomic mass is 10.2. The number of nitrogens with zero attached hydrogens (tertiary/aromatic N) is 1. The average molecular weight is 538 g/mol. The molecule has 0 atom stereocenters. The summed E-state index contributed by atoms with van der Waals surface area (Å²) in [7, 11) is 0. The van der Waals surface area contributed by atoms with Gasteiger partial charge in [0.05, 0.1) is 9.78 Å². The maximum Gasteiger partial charge on any atom is 0.462 e. The van der Waals surface area contributed by atoms with Gasteiger partial charge >= 0.3 is 18.1 Å². The molecule has 1 N–H and O–H groups in total. The predicted molar refractivity (Wildman–Crippen MR) is 96.6 cm³/mol. The van der Waals surface area contributed by atoms with E-state index in [9.17, 15) is 35.1 Å². The van der Waals surface area contributed by atoms with Crippen LogP contribution >= 0.6 is 22.6 Å². The number of hydrogen-bond acceptors (Lipinski definition) is 3. The van der Waals surface area contributed by atoms with Crippen LogP contribution in [0.4, 0.5) is 35.1 Å². The van der Waals surface area contributed by atoms with Crippen molar-refractivity contribution in [3.05, 3.63) is 63.0 Å². The number of hydrogen-bond donors (Lipinski definition) is 1. The molecular weight excluding hydrogens is 527 g/mol. The van der Waals surface area contributed by atoms with Gasteiger partial charge in [0.25, 0.3) is 0 Å². The van der Waals surface area contributed by atoms with E-state index in [4.69, 9.17) is 4.74 Å². The Kier molecular flexibility index (Phi) is 6.96. The highest BCUT2D eigenvalue weighted by Gasteiger charge is 2.73. The molecule has 0 amide bonds. The number of benzene rings is 2. The number of alkyl halides is 7. The lowest BCUT2D eigenvalue weighted by Gasteiger charge is -2.27. The van der Waals surface area contributed by atoms with Crippen molar-refractivity contribution >= 4 is 28.8 Å². The Morgan fingerprint density at radius 3 is 2.14 bits per heavy atom. The van der Waals surface area contributed by atoms with Gasteiger partial charge < -0.3 is 4.74 Å². The van der Waals surface area contributed by atoms with Gasteiger partial charge in [-0.1, -0.05) is 12.1 Å². The van der Waals surface area contributed by atoms with Crippen LogP contribution in [0.5, 0.6) is 5.75 Å². The molecular formula is C17H11F8IN2O. The van der Waals surface area contributed by atoms with Crippen molar-refractivity contribution in [3.63, 3.8) is 0 Å². The van der Waals surface area contributed by atoms with E-state index >= 15 is 0 Å². The zero-order valence-corrected chi connectivity index (χ0v) is 16.2. The molecule has 0 saturated carbocycles. The van der Waals surface area contributed by atoms with Gasteiger partial charge in [-0.05, 0) is 64.0 Å². The highest BCUT2D eigenvalue weighted by atomic mass is 127. The fraction of sp³-hybridized carbons (Fsp3) is 0.235. The third-order valence-electron chi connectivity index (χ3n) is 3.43. The van der Waals surface area contributed by atoms with Gasteiger partial charge in [-0.2, -0.15) is 35.8 Å². The van der Waals surface area contributed by atoms with E-state index in [0.717, 1.165) is 0 Å². The second kappa shape index (κ2) is 8.71. The van der Waals surface area contributed by atoms with E-state index in [1.165, 1.54) is 42.5 Å². The summed E-state index contributed by atoms with van der Waals surface area (Å²) in [6, 6.07) is 4.06. The maximum atomic E-state index is 13.1. The van der Waals surface area contributed by atoms with Crippen LogP contribution in [0.1, 0.15) is 11.1 Å². The quantitative estimate of drug-likeness (QED) is 0.161. The Hall–Kier alpha value is -2.12. The van der Waals surface area contributed by atoms with Crippen molar-refractivity contribution in [2.75, 3.05) is 0 Å². The molecule has 0 bridgehead atoms. The molecule has 0 aliphatic rings. The van der Waals surface area contributed by atoms with E-state index in [1.807, 2.05) is 22.6 Å². The second-order valence-corrected chi connectivity index (χ2v) is 6.78. The molecule has 2 rings (SSSR count). The second-order valence-electron chi connectivity index (χ2n) is 5.62. The van der Waals surface area contributed by atoms with Crippen LogP contribution in [-0.4, -0.2) is 24.4 Å². The normalized spacial score (nSPS) is 13.0. The summed E-state index contributed by atoms with van der Waals surface area (Å²) in [5, 5.41) is 2.78. The first-order valence-corrected chi connectivity index (χ1v) is 8.71. The van der Waals surface area contributed by atoms with Crippen molar-refractivity contribution in [3.8, 4) is 5.75 Å². The number of nitrogens with one attached hydrogen (secondary N) is 1. The number of hydrazone groups is 1. The summed E-state index contributed by atoms with van der Waals surface area (Å²) in [5.74, 6) is -6.32. The minimum Gasteiger partial charge on any atom is -0.488 e. The Balaban J connectivity index is 2.02. The third kappa shape index (κ3) is 5.70. The van der Waals surface area contributed by atoms with Crippen LogP contribution < -0.4 is 10.2 Å². The van der Waals surface area contributed by atoms with Crippen LogP contribution in [0.15, 0.2) is 47.6 Å². The van der Waals surface area contributed by atoms with Crippen molar-refractivity contribution in [2.45, 2.75) is 24.8 Å². The molecule has 2 aromatic rings. The highest BCUT2D eigenvalue weighted by Crippen LogP contribution is 2.45. The predicted octanol–water partition coefficient (Wildman–Crippen LogP) is 5.72. The monoisotopic (exact) mass is 538 g/mol. The van der Waals surface area contributed by atoms with Crippen LogP contribution in [-0.2, 0) is 6.61 Å². The summed E-state index contributed by atoms with van der Waals surface area (Å²) >= 11 is 1.84. The van der Waals surface area contributed by atoms with Gasteiger partial charge in [-0.3, -0.25) is 0 Å². The van der Waals surface area contributed by atoms with Crippen molar-refractivity contribution < 1.29 is 39.9 Å². The van der Waals surface area contributed by atoms with Gasteiger partial charge in [0.2, 0.25) is 0 Å². The number of halogens is 9. The van der Waals surface area contributed by atoms with Gasteiger partial charge in [0.1, 0.15) is 18.2 Å². The van der Waals surface area contributed by atoms with Crippen molar-refractivity contribution in [1.82, 2.24) is 5.43 Å². The minimum atomic E-state index is -6.45. The van der Waals surface area contributed by atoms with Crippen LogP contribution in [0.2, 0.25) is 0 Å². The summed E-state index contributed by atoms with van der Waals surface area (Å²) in [6.07, 6.45) is -5.79. The Labute approximate surface area is 172 Å². The fourth-order valence-corrected chi connectivity index (χ4v) is 2.59. The SMILES string of the molecule is Fc1ccc(COc2ccc(/C=N/NC(F)(F)C(F)(F)C(F)(F)F)cc2I)cc1. The van der Waals surface area contributed by atoms with Gasteiger partial charge in [0, 0.05) is 0 Å². The summed E-state index contributed by atoms with van der Waals surface area (Å²) in [5.41, 5.74) is 1.37. The van der Waals surface area contributed by atoms with E-state index in [1.54, 1.807) is 0 Å². The topological polar surface area (TPSA) is 33.6 Å². The first-order chi connectivity index (χ1) is 13.3. The Bertz CT molecular complexity index is 869. The lowest BCUT2D eigenvalue weighted by molar-refractivity contribution is -0.361. The largest absolute Gasteiger partial charge is 0.488 e. The molecule has 12 heteroatoms. The average Bonchev–Trinajstić information content (AvgIpc) is 2.61. The van der Waals surface area contributed by atoms with Crippen LogP contribution in [0.3, 0.4) is 0 Å². The molecule has 0 aliphatic heterocycles. The molecule has 3 nitrogen and oxygen atoms in total. The van der Waals surface area contributed by atoms with Crippen molar-refractivity contribution in [2.24, 2.45) is 5.10 Å². The molecule has 29 heavy (non-hydrogen) atoms. The Morgan fingerprint density at radius 1 is 0.966 bits per heavy atom. The molecule has 2 aromatic carbocycles. The molecule has 0 unspecified atom stereocenters. The molecule has 0 heterocycles. The Morgan fingerprint density at radius 2 is 1.59 bits per heavy atom. The van der Waals surface area contributed by atoms with E-state index in [2.05, 4.69) is 5.10 Å². The number of rotatable bonds is 7. The molecule has 0 aromatic heterocycles. The first kappa shape index (κ1) is 23.2. The first-order valence-electron chi connectivity index (χ1n) is 7.63. The lowest BCUT2D eigenvalue weighted by Crippen LogP contribution is -2.58. The fourth-order valence-electron chi connectivity index (χ4n) is 1.89. The van der Waals surface area contributed by atoms with Crippen LogP contribution in [0.25, 0.3) is 0 Å². The maximum absolute atomic E-state index is 13.1. The third-order valence-corrected chi connectivity index (χ3v) is 4.28. The van der Waals surface area contributed by atoms with E-state index in [-0.39, 0.29) is 12.2 Å².